The summed E-state index contributed by atoms with van der Waals surface area (Å²) in [7, 11) is 0. The first-order valence-corrected chi connectivity index (χ1v) is 9.84. The third kappa shape index (κ3) is 4.12. The third-order valence-corrected chi connectivity index (χ3v) is 5.66. The first kappa shape index (κ1) is 18.6. The monoisotopic (exact) mass is 374 g/mol. The maximum absolute atomic E-state index is 13.3. The predicted octanol–water partition coefficient (Wildman–Crippen LogP) is 3.66. The number of hydrogen-bond donors (Lipinski definition) is 1. The number of carbonyl (C=O) groups is 2. The van der Waals surface area contributed by atoms with Gasteiger partial charge in [-0.3, -0.25) is 9.59 Å². The molecule has 26 heavy (non-hydrogen) atoms. The highest BCUT2D eigenvalue weighted by molar-refractivity contribution is 7.12. The van der Waals surface area contributed by atoms with E-state index in [4.69, 9.17) is 0 Å². The molecule has 0 aliphatic carbocycles. The molecule has 3 rings (SSSR count). The van der Waals surface area contributed by atoms with E-state index in [0.717, 1.165) is 18.4 Å². The number of halogens is 1. The molecule has 1 N–H and O–H groups in total. The van der Waals surface area contributed by atoms with E-state index in [-0.39, 0.29) is 29.5 Å². The number of hydrogen-bond acceptors (Lipinski definition) is 3. The molecule has 4 nitrogen and oxygen atoms in total. The van der Waals surface area contributed by atoms with Crippen molar-refractivity contribution in [2.24, 2.45) is 5.92 Å². The minimum Gasteiger partial charge on any atom is -0.356 e. The fraction of sp³-hybridized carbons (Fsp3) is 0.400. The zero-order chi connectivity index (χ0) is 18.5. The van der Waals surface area contributed by atoms with Crippen LogP contribution in [-0.2, 0) is 4.79 Å². The van der Waals surface area contributed by atoms with Crippen LogP contribution >= 0.6 is 11.3 Å². The summed E-state index contributed by atoms with van der Waals surface area (Å²) in [6.07, 6.45) is 1.94. The van der Waals surface area contributed by atoms with Crippen LogP contribution in [0.1, 0.15) is 40.9 Å². The van der Waals surface area contributed by atoms with Crippen molar-refractivity contribution in [2.45, 2.75) is 25.7 Å². The lowest BCUT2D eigenvalue weighted by molar-refractivity contribution is -0.124. The Kier molecular flexibility index (Phi) is 6.04. The largest absolute Gasteiger partial charge is 0.356 e. The lowest BCUT2D eigenvalue weighted by Gasteiger charge is -2.18. The average Bonchev–Trinajstić information content (AvgIpc) is 3.32. The Bertz CT molecular complexity index is 746. The molecular formula is C20H23FN2O2S. The van der Waals surface area contributed by atoms with E-state index in [9.17, 15) is 14.0 Å². The van der Waals surface area contributed by atoms with Crippen LogP contribution < -0.4 is 5.32 Å². The molecule has 6 heteroatoms. The fourth-order valence-corrected chi connectivity index (χ4v) is 4.05. The molecule has 0 spiro atoms. The molecule has 1 aliphatic rings. The Balaban J connectivity index is 1.79. The van der Waals surface area contributed by atoms with Gasteiger partial charge in [0.05, 0.1) is 10.8 Å². The van der Waals surface area contributed by atoms with E-state index in [1.165, 1.54) is 23.5 Å². The summed E-state index contributed by atoms with van der Waals surface area (Å²) < 4.78 is 13.3. The Morgan fingerprint density at radius 3 is 2.65 bits per heavy atom. The number of likely N-dealkylation sites (tertiary alicyclic amines) is 1. The summed E-state index contributed by atoms with van der Waals surface area (Å²) >= 11 is 1.40. The van der Waals surface area contributed by atoms with E-state index in [0.29, 0.717) is 24.5 Å². The van der Waals surface area contributed by atoms with Crippen LogP contribution in [0.2, 0.25) is 0 Å². The number of nitrogens with one attached hydrogen (secondary N) is 1. The summed E-state index contributed by atoms with van der Waals surface area (Å²) in [6, 6.07) is 9.89. The Labute approximate surface area is 157 Å². The standard InChI is InChI=1S/C20H23FN2O2S/c1-2-3-10-22-19(24)17-13-23(20(25)18-5-4-11-26-18)12-16(17)14-6-8-15(21)9-7-14/h4-9,11,16-17H,2-3,10,12-13H2,1H3,(H,22,24)/t16-,17-/m1/s1. The van der Waals surface area contributed by atoms with Crippen LogP contribution in [0.5, 0.6) is 0 Å². The first-order valence-electron chi connectivity index (χ1n) is 8.96. The predicted molar refractivity (Wildman–Crippen MR) is 101 cm³/mol. The van der Waals surface area contributed by atoms with Gasteiger partial charge in [0.15, 0.2) is 0 Å². The van der Waals surface area contributed by atoms with Crippen molar-refractivity contribution in [1.29, 1.82) is 0 Å². The molecule has 2 aromatic rings. The summed E-state index contributed by atoms with van der Waals surface area (Å²) in [4.78, 5) is 27.8. The zero-order valence-electron chi connectivity index (χ0n) is 14.8. The van der Waals surface area contributed by atoms with Crippen LogP contribution in [0.15, 0.2) is 41.8 Å². The highest BCUT2D eigenvalue weighted by Crippen LogP contribution is 2.34. The van der Waals surface area contributed by atoms with Crippen LogP contribution in [0.4, 0.5) is 4.39 Å². The zero-order valence-corrected chi connectivity index (χ0v) is 15.6. The van der Waals surface area contributed by atoms with Gasteiger partial charge in [0.1, 0.15) is 5.82 Å². The molecule has 1 aromatic heterocycles. The third-order valence-electron chi connectivity index (χ3n) is 4.80. The van der Waals surface area contributed by atoms with E-state index in [1.54, 1.807) is 23.1 Å². The number of benzene rings is 1. The molecule has 1 aliphatic heterocycles. The van der Waals surface area contributed by atoms with Gasteiger partial charge in [-0.2, -0.15) is 0 Å². The van der Waals surface area contributed by atoms with Crippen molar-refractivity contribution in [1.82, 2.24) is 10.2 Å². The van der Waals surface area contributed by atoms with E-state index >= 15 is 0 Å². The SMILES string of the molecule is CCCCNC(=O)[C@@H]1CN(C(=O)c2cccs2)C[C@@H]1c1ccc(F)cc1. The smallest absolute Gasteiger partial charge is 0.263 e. The highest BCUT2D eigenvalue weighted by atomic mass is 32.1. The summed E-state index contributed by atoms with van der Waals surface area (Å²) in [5.41, 5.74) is 0.892. The second-order valence-corrected chi connectivity index (χ2v) is 7.54. The first-order chi connectivity index (χ1) is 12.6. The average molecular weight is 374 g/mol. The molecule has 1 aromatic carbocycles. The molecule has 1 saturated heterocycles. The minimum absolute atomic E-state index is 0.0331. The van der Waals surface area contributed by atoms with E-state index < -0.39 is 0 Å². The number of unbranched alkanes of at least 4 members (excludes halogenated alkanes) is 1. The second-order valence-electron chi connectivity index (χ2n) is 6.60. The molecule has 0 unspecified atom stereocenters. The van der Waals surface area contributed by atoms with Crippen molar-refractivity contribution in [3.8, 4) is 0 Å². The highest BCUT2D eigenvalue weighted by Gasteiger charge is 2.40. The quantitative estimate of drug-likeness (QED) is 0.785. The lowest BCUT2D eigenvalue weighted by Crippen LogP contribution is -2.36. The van der Waals surface area contributed by atoms with Gasteiger partial charge in [0.2, 0.25) is 5.91 Å². The second kappa shape index (κ2) is 8.45. The number of nitrogens with zero attached hydrogens (tertiary/aromatic N) is 1. The fourth-order valence-electron chi connectivity index (χ4n) is 3.36. The van der Waals surface area contributed by atoms with Crippen molar-refractivity contribution in [2.75, 3.05) is 19.6 Å². The van der Waals surface area contributed by atoms with Gasteiger partial charge >= 0.3 is 0 Å². The maximum atomic E-state index is 13.3. The van der Waals surface area contributed by atoms with E-state index in [2.05, 4.69) is 12.2 Å². The number of carbonyl (C=O) groups excluding carboxylic acids is 2. The van der Waals surface area contributed by atoms with Gasteiger partial charge in [-0.15, -0.1) is 11.3 Å². The van der Waals surface area contributed by atoms with Crippen molar-refractivity contribution < 1.29 is 14.0 Å². The summed E-state index contributed by atoms with van der Waals surface area (Å²) in [5, 5.41) is 4.85. The van der Waals surface area contributed by atoms with Gasteiger partial charge in [0.25, 0.3) is 5.91 Å². The molecule has 0 saturated carbocycles. The summed E-state index contributed by atoms with van der Waals surface area (Å²) in [6.45, 7) is 3.57. The summed E-state index contributed by atoms with van der Waals surface area (Å²) in [5.74, 6) is -0.824. The molecule has 0 radical (unpaired) electrons. The maximum Gasteiger partial charge on any atom is 0.263 e. The lowest BCUT2D eigenvalue weighted by atomic mass is 9.88. The molecular weight excluding hydrogens is 351 g/mol. The minimum atomic E-state index is -0.318. The van der Waals surface area contributed by atoms with Crippen molar-refractivity contribution in [3.63, 3.8) is 0 Å². The Morgan fingerprint density at radius 1 is 1.23 bits per heavy atom. The van der Waals surface area contributed by atoms with Gasteiger partial charge < -0.3 is 10.2 Å². The van der Waals surface area contributed by atoms with Gasteiger partial charge in [-0.1, -0.05) is 31.5 Å². The Hall–Kier alpha value is -2.21. The van der Waals surface area contributed by atoms with E-state index in [1.807, 2.05) is 11.4 Å². The van der Waals surface area contributed by atoms with Crippen LogP contribution in [0.3, 0.4) is 0 Å². The van der Waals surface area contributed by atoms with Crippen LogP contribution in [-0.4, -0.2) is 36.3 Å². The van der Waals surface area contributed by atoms with Crippen molar-refractivity contribution >= 4 is 23.2 Å². The molecule has 2 heterocycles. The topological polar surface area (TPSA) is 49.4 Å². The Morgan fingerprint density at radius 2 is 2.00 bits per heavy atom. The molecule has 1 fully saturated rings. The van der Waals surface area contributed by atoms with Gasteiger partial charge in [0, 0.05) is 25.6 Å². The van der Waals surface area contributed by atoms with Crippen LogP contribution in [0.25, 0.3) is 0 Å². The number of thiophene rings is 1. The normalized spacial score (nSPS) is 19.5. The van der Waals surface area contributed by atoms with Gasteiger partial charge in [-0.25, -0.2) is 4.39 Å². The number of amides is 2. The molecule has 0 bridgehead atoms. The van der Waals surface area contributed by atoms with Crippen LogP contribution in [0, 0.1) is 11.7 Å². The van der Waals surface area contributed by atoms with Crippen molar-refractivity contribution in [3.05, 3.63) is 58.0 Å². The molecule has 138 valence electrons. The molecule has 2 amide bonds. The molecule has 2 atom stereocenters. The van der Waals surface area contributed by atoms with Gasteiger partial charge in [-0.05, 0) is 35.6 Å². The number of rotatable bonds is 6.